The summed E-state index contributed by atoms with van der Waals surface area (Å²) in [4.78, 5) is 7.87. The summed E-state index contributed by atoms with van der Waals surface area (Å²) in [6.07, 6.45) is 3.00. The van der Waals surface area contributed by atoms with Gasteiger partial charge in [-0.25, -0.2) is 14.4 Å². The van der Waals surface area contributed by atoms with Gasteiger partial charge in [-0.3, -0.25) is 0 Å². The Balaban J connectivity index is 2.30. The van der Waals surface area contributed by atoms with Gasteiger partial charge in [0.1, 0.15) is 5.82 Å². The fraction of sp³-hybridized carbons (Fsp3) is 0.0909. The molecule has 16 heavy (non-hydrogen) atoms. The molecule has 1 heterocycles. The van der Waals surface area contributed by atoms with Crippen molar-refractivity contribution in [1.29, 1.82) is 0 Å². The van der Waals surface area contributed by atoms with Crippen molar-refractivity contribution in [2.45, 2.75) is 6.92 Å². The topological polar surface area (TPSA) is 37.8 Å². The quantitative estimate of drug-likeness (QED) is 0.871. The summed E-state index contributed by atoms with van der Waals surface area (Å²) in [6.45, 7) is 1.81. The number of benzene rings is 1. The fourth-order valence-electron chi connectivity index (χ4n) is 1.35. The van der Waals surface area contributed by atoms with Crippen LogP contribution in [0.2, 0.25) is 5.15 Å². The van der Waals surface area contributed by atoms with E-state index in [0.29, 0.717) is 11.5 Å². The number of hydrogen-bond donors (Lipinski definition) is 1. The van der Waals surface area contributed by atoms with Gasteiger partial charge in [-0.15, -0.1) is 0 Å². The van der Waals surface area contributed by atoms with Crippen LogP contribution in [0.15, 0.2) is 30.6 Å². The number of nitrogens with zero attached hydrogens (tertiary/aromatic N) is 2. The molecule has 0 radical (unpaired) electrons. The van der Waals surface area contributed by atoms with Gasteiger partial charge < -0.3 is 5.32 Å². The van der Waals surface area contributed by atoms with Crippen molar-refractivity contribution in [3.05, 3.63) is 47.1 Å². The van der Waals surface area contributed by atoms with E-state index in [2.05, 4.69) is 15.3 Å². The fourth-order valence-corrected chi connectivity index (χ4v) is 1.50. The number of hydrogen-bond acceptors (Lipinski definition) is 3. The highest BCUT2D eigenvalue weighted by atomic mass is 35.5. The maximum Gasteiger partial charge on any atom is 0.171 e. The van der Waals surface area contributed by atoms with E-state index >= 15 is 0 Å². The number of rotatable bonds is 2. The second kappa shape index (κ2) is 4.45. The van der Waals surface area contributed by atoms with Crippen LogP contribution in [0.1, 0.15) is 5.56 Å². The predicted octanol–water partition coefficient (Wildman–Crippen LogP) is 3.32. The van der Waals surface area contributed by atoms with Gasteiger partial charge in [0.2, 0.25) is 0 Å². The van der Waals surface area contributed by atoms with Crippen molar-refractivity contribution in [2.75, 3.05) is 5.32 Å². The van der Waals surface area contributed by atoms with Crippen LogP contribution in [-0.4, -0.2) is 9.97 Å². The molecule has 2 aromatic rings. The zero-order valence-electron chi connectivity index (χ0n) is 8.54. The average molecular weight is 238 g/mol. The SMILES string of the molecule is Cc1cc(F)cc(Nc2nccnc2Cl)c1. The van der Waals surface area contributed by atoms with Gasteiger partial charge in [0.15, 0.2) is 11.0 Å². The first-order chi connectivity index (χ1) is 7.65. The van der Waals surface area contributed by atoms with Crippen LogP contribution in [0.25, 0.3) is 0 Å². The Kier molecular flexibility index (Phi) is 3.01. The molecule has 0 aliphatic carbocycles. The molecule has 0 saturated heterocycles. The summed E-state index contributed by atoms with van der Waals surface area (Å²) in [5.41, 5.74) is 1.42. The second-order valence-corrected chi connectivity index (χ2v) is 3.70. The molecular formula is C11H9ClFN3. The number of halogens is 2. The smallest absolute Gasteiger partial charge is 0.171 e. The van der Waals surface area contributed by atoms with E-state index in [1.54, 1.807) is 6.07 Å². The van der Waals surface area contributed by atoms with Gasteiger partial charge in [-0.05, 0) is 30.7 Å². The zero-order valence-corrected chi connectivity index (χ0v) is 9.29. The van der Waals surface area contributed by atoms with E-state index < -0.39 is 0 Å². The number of anilines is 2. The minimum absolute atomic E-state index is 0.254. The summed E-state index contributed by atoms with van der Waals surface area (Å²) in [7, 11) is 0. The Bertz CT molecular complexity index is 496. The highest BCUT2D eigenvalue weighted by molar-refractivity contribution is 6.31. The summed E-state index contributed by atoms with van der Waals surface area (Å²) in [5, 5.41) is 3.16. The van der Waals surface area contributed by atoms with Crippen LogP contribution in [0, 0.1) is 12.7 Å². The van der Waals surface area contributed by atoms with Crippen LogP contribution < -0.4 is 5.32 Å². The molecule has 82 valence electrons. The van der Waals surface area contributed by atoms with E-state index in [1.165, 1.54) is 24.5 Å². The van der Waals surface area contributed by atoms with Crippen molar-refractivity contribution in [3.63, 3.8) is 0 Å². The highest BCUT2D eigenvalue weighted by Crippen LogP contribution is 2.21. The first-order valence-corrected chi connectivity index (χ1v) is 5.03. The molecule has 0 unspecified atom stereocenters. The lowest BCUT2D eigenvalue weighted by molar-refractivity contribution is 0.627. The molecule has 0 atom stereocenters. The third-order valence-electron chi connectivity index (χ3n) is 1.96. The molecule has 0 spiro atoms. The first-order valence-electron chi connectivity index (χ1n) is 4.66. The van der Waals surface area contributed by atoms with Crippen molar-refractivity contribution < 1.29 is 4.39 Å². The normalized spacial score (nSPS) is 10.2. The van der Waals surface area contributed by atoms with Crippen molar-refractivity contribution >= 4 is 23.1 Å². The zero-order chi connectivity index (χ0) is 11.5. The Hall–Kier alpha value is -1.68. The highest BCUT2D eigenvalue weighted by Gasteiger charge is 2.03. The van der Waals surface area contributed by atoms with Crippen molar-refractivity contribution in [1.82, 2.24) is 9.97 Å². The van der Waals surface area contributed by atoms with Crippen LogP contribution >= 0.6 is 11.6 Å². The molecule has 1 N–H and O–H groups in total. The monoisotopic (exact) mass is 237 g/mol. The average Bonchev–Trinajstić information content (AvgIpc) is 2.20. The second-order valence-electron chi connectivity index (χ2n) is 3.34. The summed E-state index contributed by atoms with van der Waals surface area (Å²) in [5.74, 6) is 0.108. The molecule has 1 aromatic heterocycles. The molecule has 5 heteroatoms. The summed E-state index contributed by atoms with van der Waals surface area (Å²) < 4.78 is 13.1. The van der Waals surface area contributed by atoms with E-state index in [1.807, 2.05) is 6.92 Å². The van der Waals surface area contributed by atoms with Gasteiger partial charge in [0.25, 0.3) is 0 Å². The molecule has 0 saturated carbocycles. The largest absolute Gasteiger partial charge is 0.338 e. The lowest BCUT2D eigenvalue weighted by Gasteiger charge is -2.07. The van der Waals surface area contributed by atoms with E-state index in [0.717, 1.165) is 5.56 Å². The van der Waals surface area contributed by atoms with Gasteiger partial charge >= 0.3 is 0 Å². The minimum atomic E-state index is -0.303. The molecule has 1 aromatic carbocycles. The van der Waals surface area contributed by atoms with E-state index in [4.69, 9.17) is 11.6 Å². The maximum absolute atomic E-state index is 13.1. The molecule has 0 aliphatic heterocycles. The Morgan fingerprint density at radius 3 is 2.62 bits per heavy atom. The minimum Gasteiger partial charge on any atom is -0.338 e. The lowest BCUT2D eigenvalue weighted by Crippen LogP contribution is -1.96. The van der Waals surface area contributed by atoms with Crippen LogP contribution in [-0.2, 0) is 0 Å². The number of aryl methyl sites for hydroxylation is 1. The van der Waals surface area contributed by atoms with E-state index in [-0.39, 0.29) is 11.0 Å². The molecule has 0 aliphatic rings. The van der Waals surface area contributed by atoms with Crippen molar-refractivity contribution in [2.24, 2.45) is 0 Å². The molecule has 2 rings (SSSR count). The molecule has 3 nitrogen and oxygen atoms in total. The standard InChI is InChI=1S/C11H9ClFN3/c1-7-4-8(13)6-9(5-7)16-11-10(12)14-2-3-15-11/h2-6H,1H3,(H,15,16). The third kappa shape index (κ3) is 2.46. The van der Waals surface area contributed by atoms with Crippen LogP contribution in [0.3, 0.4) is 0 Å². The van der Waals surface area contributed by atoms with Gasteiger partial charge in [-0.2, -0.15) is 0 Å². The Labute approximate surface area is 97.3 Å². The van der Waals surface area contributed by atoms with Crippen LogP contribution in [0.4, 0.5) is 15.9 Å². The van der Waals surface area contributed by atoms with Gasteiger partial charge in [0.05, 0.1) is 0 Å². The molecule has 0 amide bonds. The van der Waals surface area contributed by atoms with E-state index in [9.17, 15) is 4.39 Å². The van der Waals surface area contributed by atoms with Crippen molar-refractivity contribution in [3.8, 4) is 0 Å². The lowest BCUT2D eigenvalue weighted by atomic mass is 10.2. The molecular weight excluding hydrogens is 229 g/mol. The number of nitrogens with one attached hydrogen (secondary N) is 1. The third-order valence-corrected chi connectivity index (χ3v) is 2.24. The first kappa shape index (κ1) is 10.8. The summed E-state index contributed by atoms with van der Waals surface area (Å²) in [6, 6.07) is 4.62. The Morgan fingerprint density at radius 1 is 1.19 bits per heavy atom. The maximum atomic E-state index is 13.1. The Morgan fingerprint density at radius 2 is 1.94 bits per heavy atom. The molecule has 0 bridgehead atoms. The number of aromatic nitrogens is 2. The predicted molar refractivity (Wildman–Crippen MR) is 61.5 cm³/mol. The molecule has 0 fully saturated rings. The van der Waals surface area contributed by atoms with Crippen LogP contribution in [0.5, 0.6) is 0 Å². The van der Waals surface area contributed by atoms with Gasteiger partial charge in [0, 0.05) is 18.1 Å². The van der Waals surface area contributed by atoms with Gasteiger partial charge in [-0.1, -0.05) is 11.6 Å². The summed E-state index contributed by atoms with van der Waals surface area (Å²) >= 11 is 5.82.